The van der Waals surface area contributed by atoms with E-state index in [1.807, 2.05) is 0 Å². The van der Waals surface area contributed by atoms with Gasteiger partial charge in [-0.05, 0) is 29.8 Å². The van der Waals surface area contributed by atoms with E-state index in [1.54, 1.807) is 36.4 Å². The molecule has 2 aromatic carbocycles. The average molecular weight is 276 g/mol. The topological polar surface area (TPSA) is 63.4 Å². The molecule has 0 radical (unpaired) electrons. The minimum atomic E-state index is -0.448. The summed E-state index contributed by atoms with van der Waals surface area (Å²) >= 11 is 5.77. The third-order valence-corrected chi connectivity index (χ3v) is 2.84. The molecular weight excluding hydrogens is 266 g/mol. The zero-order chi connectivity index (χ0) is 13.8. The van der Waals surface area contributed by atoms with E-state index in [-0.39, 0.29) is 16.5 Å². The van der Waals surface area contributed by atoms with E-state index in [2.05, 4.69) is 0 Å². The second-order valence-corrected chi connectivity index (χ2v) is 4.27. The van der Waals surface area contributed by atoms with Gasteiger partial charge in [-0.1, -0.05) is 35.9 Å². The van der Waals surface area contributed by atoms with Gasteiger partial charge in [0.25, 0.3) is 5.70 Å². The van der Waals surface area contributed by atoms with Crippen molar-refractivity contribution in [2.75, 3.05) is 0 Å². The lowest BCUT2D eigenvalue weighted by Crippen LogP contribution is -1.97. The Hall–Kier alpha value is -2.33. The van der Waals surface area contributed by atoms with Crippen molar-refractivity contribution in [3.63, 3.8) is 0 Å². The third kappa shape index (κ3) is 3.11. The van der Waals surface area contributed by atoms with E-state index in [4.69, 9.17) is 11.6 Å². The smallest absolute Gasteiger partial charge is 0.277 e. The Balaban J connectivity index is 2.47. The van der Waals surface area contributed by atoms with Gasteiger partial charge in [-0.25, -0.2) is 0 Å². The minimum absolute atomic E-state index is 0.0256. The van der Waals surface area contributed by atoms with E-state index in [0.717, 1.165) is 0 Å². The number of phenols is 1. The molecule has 0 unspecified atom stereocenters. The predicted molar refractivity (Wildman–Crippen MR) is 74.4 cm³/mol. The van der Waals surface area contributed by atoms with Crippen molar-refractivity contribution in [2.45, 2.75) is 0 Å². The highest BCUT2D eigenvalue weighted by atomic mass is 35.5. The lowest BCUT2D eigenvalue weighted by Gasteiger charge is -2.01. The molecule has 0 aliphatic rings. The summed E-state index contributed by atoms with van der Waals surface area (Å²) in [6.45, 7) is 0. The first-order valence-corrected chi connectivity index (χ1v) is 5.86. The van der Waals surface area contributed by atoms with Gasteiger partial charge in [0, 0.05) is 6.08 Å². The summed E-state index contributed by atoms with van der Waals surface area (Å²) in [7, 11) is 0. The number of hydrogen-bond acceptors (Lipinski definition) is 3. The Bertz CT molecular complexity index is 638. The molecule has 5 heteroatoms. The Morgan fingerprint density at radius 2 is 1.89 bits per heavy atom. The second-order valence-electron chi connectivity index (χ2n) is 3.86. The molecular formula is C14H10ClNO3. The summed E-state index contributed by atoms with van der Waals surface area (Å²) < 4.78 is 0. The molecule has 2 rings (SSSR count). The minimum Gasteiger partial charge on any atom is -0.506 e. The fourth-order valence-electron chi connectivity index (χ4n) is 1.62. The number of hydrogen-bond donors (Lipinski definition) is 1. The lowest BCUT2D eigenvalue weighted by molar-refractivity contribution is -0.374. The molecule has 0 saturated heterocycles. The molecule has 96 valence electrons. The van der Waals surface area contributed by atoms with Gasteiger partial charge in [0.1, 0.15) is 5.75 Å². The molecule has 0 amide bonds. The van der Waals surface area contributed by atoms with Gasteiger partial charge in [0.05, 0.1) is 15.5 Å². The maximum atomic E-state index is 11.1. The highest BCUT2D eigenvalue weighted by Gasteiger charge is 2.13. The fourth-order valence-corrected chi connectivity index (χ4v) is 1.81. The van der Waals surface area contributed by atoms with Crippen LogP contribution in [0.1, 0.15) is 11.1 Å². The number of benzene rings is 2. The largest absolute Gasteiger partial charge is 0.506 e. The number of halogens is 1. The van der Waals surface area contributed by atoms with Crippen molar-refractivity contribution < 1.29 is 10.0 Å². The Morgan fingerprint density at radius 3 is 2.47 bits per heavy atom. The molecule has 0 heterocycles. The predicted octanol–water partition coefficient (Wildman–Crippen LogP) is 3.82. The van der Waals surface area contributed by atoms with Gasteiger partial charge < -0.3 is 5.11 Å². The van der Waals surface area contributed by atoms with Crippen molar-refractivity contribution in [3.8, 4) is 5.75 Å². The summed E-state index contributed by atoms with van der Waals surface area (Å²) in [4.78, 5) is 10.7. The fraction of sp³-hybridized carbons (Fsp3) is 0. The maximum Gasteiger partial charge on any atom is 0.277 e. The molecule has 19 heavy (non-hydrogen) atoms. The van der Waals surface area contributed by atoms with E-state index in [9.17, 15) is 15.2 Å². The van der Waals surface area contributed by atoms with Crippen LogP contribution in [0.15, 0.2) is 48.5 Å². The molecule has 0 bridgehead atoms. The van der Waals surface area contributed by atoms with Crippen molar-refractivity contribution in [1.82, 2.24) is 0 Å². The van der Waals surface area contributed by atoms with E-state index in [1.165, 1.54) is 18.2 Å². The number of nitrogens with zero attached hydrogens (tertiary/aromatic N) is 1. The van der Waals surface area contributed by atoms with Crippen LogP contribution in [0.3, 0.4) is 0 Å². The van der Waals surface area contributed by atoms with E-state index < -0.39 is 4.92 Å². The van der Waals surface area contributed by atoms with Crippen molar-refractivity contribution in [2.24, 2.45) is 0 Å². The Morgan fingerprint density at radius 1 is 1.21 bits per heavy atom. The summed E-state index contributed by atoms with van der Waals surface area (Å²) in [5.74, 6) is -0.0545. The highest BCUT2D eigenvalue weighted by Crippen LogP contribution is 2.26. The number of phenolic OH excluding ortho intramolecular Hbond substituents is 1. The molecule has 0 spiro atoms. The first kappa shape index (κ1) is 13.1. The normalized spacial score (nSPS) is 11.3. The summed E-state index contributed by atoms with van der Waals surface area (Å²) in [5.41, 5.74) is 1.04. The Labute approximate surface area is 114 Å². The van der Waals surface area contributed by atoms with Crippen LogP contribution in [-0.2, 0) is 0 Å². The van der Waals surface area contributed by atoms with Crippen molar-refractivity contribution in [1.29, 1.82) is 0 Å². The summed E-state index contributed by atoms with van der Waals surface area (Å²) in [6.07, 6.45) is 1.42. The van der Waals surface area contributed by atoms with Crippen molar-refractivity contribution in [3.05, 3.63) is 74.8 Å². The molecule has 0 aliphatic carbocycles. The van der Waals surface area contributed by atoms with Crippen LogP contribution in [0.5, 0.6) is 5.75 Å². The van der Waals surface area contributed by atoms with Crippen LogP contribution in [0.4, 0.5) is 0 Å². The van der Waals surface area contributed by atoms with Crippen LogP contribution >= 0.6 is 11.6 Å². The first-order chi connectivity index (χ1) is 9.08. The molecule has 2 aromatic rings. The van der Waals surface area contributed by atoms with E-state index in [0.29, 0.717) is 11.1 Å². The monoisotopic (exact) mass is 275 g/mol. The van der Waals surface area contributed by atoms with Gasteiger partial charge in [-0.3, -0.25) is 10.1 Å². The Kier molecular flexibility index (Phi) is 3.82. The van der Waals surface area contributed by atoms with E-state index >= 15 is 0 Å². The first-order valence-electron chi connectivity index (χ1n) is 5.48. The van der Waals surface area contributed by atoms with Crippen LogP contribution in [-0.4, -0.2) is 10.0 Å². The summed E-state index contributed by atoms with van der Waals surface area (Å²) in [5, 5.41) is 20.6. The van der Waals surface area contributed by atoms with Crippen LogP contribution in [0, 0.1) is 10.1 Å². The zero-order valence-electron chi connectivity index (χ0n) is 9.79. The van der Waals surface area contributed by atoms with Gasteiger partial charge in [-0.15, -0.1) is 0 Å². The molecule has 0 fully saturated rings. The molecule has 0 atom stereocenters. The molecule has 4 nitrogen and oxygen atoms in total. The van der Waals surface area contributed by atoms with Crippen LogP contribution in [0.2, 0.25) is 5.02 Å². The zero-order valence-corrected chi connectivity index (χ0v) is 10.5. The van der Waals surface area contributed by atoms with Crippen LogP contribution < -0.4 is 0 Å². The average Bonchev–Trinajstić information content (AvgIpc) is 2.40. The number of aromatic hydroxyl groups is 1. The molecule has 0 saturated carbocycles. The molecule has 0 aromatic heterocycles. The van der Waals surface area contributed by atoms with Crippen LogP contribution in [0.25, 0.3) is 11.8 Å². The van der Waals surface area contributed by atoms with Gasteiger partial charge in [0.15, 0.2) is 0 Å². The highest BCUT2D eigenvalue weighted by molar-refractivity contribution is 6.32. The molecule has 1 N–H and O–H groups in total. The SMILES string of the molecule is O=[N+]([O-])C(=Cc1ccc(O)c(Cl)c1)c1ccccc1. The summed E-state index contributed by atoms with van der Waals surface area (Å²) in [6, 6.07) is 13.0. The van der Waals surface area contributed by atoms with Crippen molar-refractivity contribution >= 4 is 23.4 Å². The maximum absolute atomic E-state index is 11.1. The quantitative estimate of drug-likeness (QED) is 0.526. The number of rotatable bonds is 3. The van der Waals surface area contributed by atoms with Gasteiger partial charge in [-0.2, -0.15) is 0 Å². The molecule has 0 aliphatic heterocycles. The number of nitro groups is 1. The third-order valence-electron chi connectivity index (χ3n) is 2.54. The van der Waals surface area contributed by atoms with Gasteiger partial charge >= 0.3 is 0 Å². The second kappa shape index (κ2) is 5.54. The standard InChI is InChI=1S/C14H10ClNO3/c15-12-8-10(6-7-14(12)17)9-13(16(18)19)11-4-2-1-3-5-11/h1-9,17H. The lowest BCUT2D eigenvalue weighted by atomic mass is 10.1. The van der Waals surface area contributed by atoms with Gasteiger partial charge in [0.2, 0.25) is 0 Å².